The molecule has 1 saturated carbocycles. The fourth-order valence-corrected chi connectivity index (χ4v) is 7.01. The maximum Gasteiger partial charge on any atom is 0.405 e. The third-order valence-corrected chi connectivity index (χ3v) is 9.95. The topological polar surface area (TPSA) is 201 Å². The molecule has 2 fully saturated rings. The summed E-state index contributed by atoms with van der Waals surface area (Å²) in [6.07, 6.45) is -0.0320. The lowest BCUT2D eigenvalue weighted by Gasteiger charge is -2.21. The summed E-state index contributed by atoms with van der Waals surface area (Å²) in [5.41, 5.74) is 0.292. The number of halogens is 1. The van der Waals surface area contributed by atoms with Gasteiger partial charge < -0.3 is 43.6 Å². The standard InChI is InChI=1S/C33H40ClN4O11P/c1-33(2,3)32(42)46-18-45-25(39)17-47-50(43,49-21-11-5-4-6-12-21)19-44-16-24-27(40)28(41)31(48-24)38-14-13-22-26(36-20-9-7-8-10-20)23(15-35)29(34)37-30(22)38/h4-6,11-14,20,24,27-28,31,40-41H,7-10,16-19H2,1-3H3,(H,36,37)/t24-,27-,28-,31-,50?/m1/s1. The quantitative estimate of drug-likeness (QED) is 0.0875. The van der Waals surface area contributed by atoms with Gasteiger partial charge in [0, 0.05) is 17.6 Å². The van der Waals surface area contributed by atoms with Crippen LogP contribution in [0.2, 0.25) is 5.15 Å². The molecule has 5 atom stereocenters. The zero-order chi connectivity index (χ0) is 36.1. The van der Waals surface area contributed by atoms with Crippen molar-refractivity contribution in [2.24, 2.45) is 5.41 Å². The highest BCUT2D eigenvalue weighted by Crippen LogP contribution is 2.48. The average Bonchev–Trinajstić information content (AvgIpc) is 3.81. The van der Waals surface area contributed by atoms with Crippen molar-refractivity contribution >= 4 is 47.9 Å². The molecule has 15 nitrogen and oxygen atoms in total. The molecule has 1 aromatic carbocycles. The molecule has 0 bridgehead atoms. The Hall–Kier alpha value is -3.74. The summed E-state index contributed by atoms with van der Waals surface area (Å²) < 4.78 is 47.5. The number of fused-ring (bicyclic) bond motifs is 1. The van der Waals surface area contributed by atoms with Gasteiger partial charge in [0.25, 0.3) is 0 Å². The summed E-state index contributed by atoms with van der Waals surface area (Å²) in [6.45, 7) is 3.09. The van der Waals surface area contributed by atoms with Crippen molar-refractivity contribution in [3.05, 3.63) is 53.3 Å². The first-order valence-corrected chi connectivity index (χ1v) is 18.2. The van der Waals surface area contributed by atoms with Crippen LogP contribution in [-0.4, -0.2) is 82.4 Å². The lowest BCUT2D eigenvalue weighted by molar-refractivity contribution is -0.174. The lowest BCUT2D eigenvalue weighted by atomic mass is 9.98. The number of hydrogen-bond acceptors (Lipinski definition) is 14. The fourth-order valence-electron chi connectivity index (χ4n) is 5.54. The minimum Gasteiger partial charge on any atom is -0.427 e. The van der Waals surface area contributed by atoms with Gasteiger partial charge in [-0.15, -0.1) is 0 Å². The van der Waals surface area contributed by atoms with Crippen LogP contribution in [0.15, 0.2) is 42.6 Å². The Labute approximate surface area is 293 Å². The first-order valence-electron chi connectivity index (χ1n) is 16.1. The van der Waals surface area contributed by atoms with Gasteiger partial charge in [-0.3, -0.25) is 9.32 Å². The van der Waals surface area contributed by atoms with E-state index < -0.39 is 69.2 Å². The molecule has 270 valence electrons. The number of benzene rings is 1. The molecule has 17 heteroatoms. The normalized spacial score (nSPS) is 22.2. The molecule has 1 saturated heterocycles. The zero-order valence-corrected chi connectivity index (χ0v) is 29.5. The number of pyridine rings is 1. The van der Waals surface area contributed by atoms with Crippen LogP contribution in [0, 0.1) is 16.7 Å². The summed E-state index contributed by atoms with van der Waals surface area (Å²) in [5, 5.41) is 35.7. The van der Waals surface area contributed by atoms with Gasteiger partial charge in [-0.25, -0.2) is 14.3 Å². The first kappa shape index (κ1) is 37.5. The van der Waals surface area contributed by atoms with Gasteiger partial charge in [0.05, 0.1) is 17.7 Å². The van der Waals surface area contributed by atoms with Crippen molar-refractivity contribution in [2.45, 2.75) is 77.0 Å². The minimum atomic E-state index is -4.19. The van der Waals surface area contributed by atoms with E-state index in [-0.39, 0.29) is 29.1 Å². The Morgan fingerprint density at radius 2 is 1.86 bits per heavy atom. The summed E-state index contributed by atoms with van der Waals surface area (Å²) in [7, 11) is -4.19. The van der Waals surface area contributed by atoms with Crippen LogP contribution in [0.3, 0.4) is 0 Å². The number of rotatable bonds is 14. The molecule has 3 heterocycles. The number of aliphatic hydroxyl groups excluding tert-OH is 2. The molecule has 0 spiro atoms. The number of ether oxygens (including phenoxy) is 4. The number of aromatic nitrogens is 2. The molecule has 1 aliphatic heterocycles. The number of aliphatic hydroxyl groups is 2. The lowest BCUT2D eigenvalue weighted by Crippen LogP contribution is -2.34. The van der Waals surface area contributed by atoms with Crippen LogP contribution in [-0.2, 0) is 37.6 Å². The largest absolute Gasteiger partial charge is 0.427 e. The van der Waals surface area contributed by atoms with Crippen LogP contribution < -0.4 is 9.84 Å². The second-order valence-electron chi connectivity index (χ2n) is 13.0. The number of esters is 2. The molecular weight excluding hydrogens is 695 g/mol. The number of para-hydroxylation sites is 1. The number of hydrogen-bond donors (Lipinski definition) is 3. The van der Waals surface area contributed by atoms with Crippen molar-refractivity contribution in [1.29, 1.82) is 5.26 Å². The highest BCUT2D eigenvalue weighted by molar-refractivity contribution is 7.54. The molecule has 3 N–H and O–H groups in total. The Morgan fingerprint density at radius 1 is 1.14 bits per heavy atom. The number of nitrogens with zero attached hydrogens (tertiary/aromatic N) is 3. The van der Waals surface area contributed by atoms with E-state index >= 15 is 0 Å². The van der Waals surface area contributed by atoms with Crippen molar-refractivity contribution < 1.29 is 52.4 Å². The van der Waals surface area contributed by atoms with Gasteiger partial charge in [0.2, 0.25) is 6.79 Å². The molecule has 1 aliphatic carbocycles. The van der Waals surface area contributed by atoms with Crippen LogP contribution in [0.25, 0.3) is 11.0 Å². The summed E-state index contributed by atoms with van der Waals surface area (Å²) >= 11 is 6.43. The molecule has 50 heavy (non-hydrogen) atoms. The van der Waals surface area contributed by atoms with E-state index in [0.717, 1.165) is 25.7 Å². The number of carbonyl (C=O) groups excluding carboxylic acids is 2. The Morgan fingerprint density at radius 3 is 2.54 bits per heavy atom. The number of nitriles is 1. The van der Waals surface area contributed by atoms with Crippen LogP contribution in [0.5, 0.6) is 5.75 Å². The van der Waals surface area contributed by atoms with Crippen LogP contribution in [0.1, 0.15) is 58.2 Å². The summed E-state index contributed by atoms with van der Waals surface area (Å²) in [6, 6.07) is 12.1. The van der Waals surface area contributed by atoms with Crippen molar-refractivity contribution in [3.8, 4) is 11.8 Å². The fraction of sp³-hybridized carbons (Fsp3) is 0.515. The highest BCUT2D eigenvalue weighted by atomic mass is 35.5. The zero-order valence-electron chi connectivity index (χ0n) is 27.8. The molecule has 0 radical (unpaired) electrons. The van der Waals surface area contributed by atoms with Gasteiger partial charge in [-0.1, -0.05) is 42.6 Å². The van der Waals surface area contributed by atoms with Crippen molar-refractivity contribution in [1.82, 2.24) is 9.55 Å². The maximum absolute atomic E-state index is 13.7. The smallest absolute Gasteiger partial charge is 0.405 e. The van der Waals surface area contributed by atoms with E-state index in [1.807, 2.05) is 0 Å². The number of nitrogens with one attached hydrogen (secondary N) is 1. The first-order chi connectivity index (χ1) is 23.8. The molecule has 5 rings (SSSR count). The molecule has 2 aliphatic rings. The second-order valence-corrected chi connectivity index (χ2v) is 15.3. The van der Waals surface area contributed by atoms with E-state index in [2.05, 4.69) is 16.4 Å². The summed E-state index contributed by atoms with van der Waals surface area (Å²) in [5.74, 6) is -1.38. The van der Waals surface area contributed by atoms with Crippen molar-refractivity contribution in [3.63, 3.8) is 0 Å². The number of carbonyl (C=O) groups is 2. The number of anilines is 1. The molecular formula is C33H40ClN4O11P. The van der Waals surface area contributed by atoms with E-state index in [0.29, 0.717) is 16.7 Å². The van der Waals surface area contributed by atoms with Crippen molar-refractivity contribution in [2.75, 3.05) is 31.7 Å². The molecule has 2 aromatic heterocycles. The van der Waals surface area contributed by atoms with E-state index in [4.69, 9.17) is 39.6 Å². The third-order valence-electron chi connectivity index (χ3n) is 8.16. The van der Waals surface area contributed by atoms with Crippen LogP contribution in [0.4, 0.5) is 5.69 Å². The molecule has 1 unspecified atom stereocenters. The van der Waals surface area contributed by atoms with Gasteiger partial charge in [-0.2, -0.15) is 5.26 Å². The monoisotopic (exact) mass is 734 g/mol. The van der Waals surface area contributed by atoms with Gasteiger partial charge in [-0.05, 0) is 51.8 Å². The Balaban J connectivity index is 1.24. The van der Waals surface area contributed by atoms with E-state index in [1.54, 1.807) is 51.2 Å². The highest BCUT2D eigenvalue weighted by Gasteiger charge is 2.45. The summed E-state index contributed by atoms with van der Waals surface area (Å²) in [4.78, 5) is 28.6. The predicted molar refractivity (Wildman–Crippen MR) is 179 cm³/mol. The van der Waals surface area contributed by atoms with Crippen LogP contribution >= 0.6 is 19.2 Å². The van der Waals surface area contributed by atoms with Gasteiger partial charge in [0.1, 0.15) is 41.3 Å². The second kappa shape index (κ2) is 16.1. The SMILES string of the molecule is CC(C)(C)C(=O)OCOC(=O)COP(=O)(COC[C@H]1O[C@@H](n2ccc3c(NC4CCCC4)c(C#N)c(Cl)nc32)[C@H](O)[C@@H]1O)Oc1ccccc1. The van der Waals surface area contributed by atoms with Gasteiger partial charge in [0.15, 0.2) is 24.3 Å². The van der Waals surface area contributed by atoms with E-state index in [9.17, 15) is 29.6 Å². The maximum atomic E-state index is 13.7. The third kappa shape index (κ3) is 8.94. The van der Waals surface area contributed by atoms with E-state index in [1.165, 1.54) is 16.7 Å². The van der Waals surface area contributed by atoms with Gasteiger partial charge >= 0.3 is 19.5 Å². The Kier molecular flexibility index (Phi) is 12.1. The minimum absolute atomic E-state index is 0.0164. The molecule has 0 amide bonds. The predicted octanol–water partition coefficient (Wildman–Crippen LogP) is 4.89. The molecule has 3 aromatic rings. The average molecular weight is 735 g/mol. The Bertz CT molecular complexity index is 1750.